The van der Waals surface area contributed by atoms with Gasteiger partial charge in [0.25, 0.3) is 0 Å². The Kier molecular flexibility index (Phi) is 3.43. The molecule has 0 aromatic heterocycles. The third-order valence-electron chi connectivity index (χ3n) is 3.43. The number of ether oxygens (including phenoxy) is 2. The van der Waals surface area contributed by atoms with E-state index in [0.29, 0.717) is 5.92 Å². The van der Waals surface area contributed by atoms with Crippen molar-refractivity contribution in [2.24, 2.45) is 5.92 Å². The molecule has 2 heterocycles. The minimum Gasteiger partial charge on any atom is -0.462 e. The average Bonchev–Trinajstić information content (AvgIpc) is 2.62. The van der Waals surface area contributed by atoms with Crippen LogP contribution in [0, 0.1) is 5.92 Å². The van der Waals surface area contributed by atoms with Gasteiger partial charge in [-0.3, -0.25) is 4.79 Å². The fraction of sp³-hybridized carbons (Fsp3) is 0.818. The summed E-state index contributed by atoms with van der Waals surface area (Å²) in [6.45, 7) is 0.787. The largest absolute Gasteiger partial charge is 0.462 e. The topological polar surface area (TPSA) is 64.6 Å². The molecular formula is C11H17NO4. The molecule has 0 spiro atoms. The van der Waals surface area contributed by atoms with E-state index in [2.05, 4.69) is 10.1 Å². The van der Waals surface area contributed by atoms with E-state index in [0.717, 1.165) is 32.3 Å². The zero-order chi connectivity index (χ0) is 11.5. The third kappa shape index (κ3) is 2.35. The maximum absolute atomic E-state index is 11.4. The molecule has 3 aliphatic rings. The van der Waals surface area contributed by atoms with Crippen LogP contribution in [0.2, 0.25) is 0 Å². The molecule has 3 unspecified atom stereocenters. The van der Waals surface area contributed by atoms with Crippen molar-refractivity contribution in [1.82, 2.24) is 5.32 Å². The zero-order valence-electron chi connectivity index (χ0n) is 9.40. The van der Waals surface area contributed by atoms with Crippen molar-refractivity contribution in [3.05, 3.63) is 0 Å². The minimum absolute atomic E-state index is 0.0425. The SMILES string of the molecule is COC(=O)C(=O)NC1CCC2CCC1OC2. The summed E-state index contributed by atoms with van der Waals surface area (Å²) in [5.41, 5.74) is 0. The molecule has 1 saturated carbocycles. The number of hydrogen-bond acceptors (Lipinski definition) is 4. The Morgan fingerprint density at radius 1 is 1.25 bits per heavy atom. The van der Waals surface area contributed by atoms with Crippen LogP contribution < -0.4 is 5.32 Å². The van der Waals surface area contributed by atoms with Crippen molar-refractivity contribution < 1.29 is 19.1 Å². The van der Waals surface area contributed by atoms with Crippen LogP contribution in [-0.4, -0.2) is 37.7 Å². The van der Waals surface area contributed by atoms with Gasteiger partial charge in [-0.25, -0.2) is 4.79 Å². The van der Waals surface area contributed by atoms with Crippen molar-refractivity contribution in [2.75, 3.05) is 13.7 Å². The molecule has 5 nitrogen and oxygen atoms in total. The molecule has 90 valence electrons. The predicted molar refractivity (Wildman–Crippen MR) is 55.6 cm³/mol. The summed E-state index contributed by atoms with van der Waals surface area (Å²) in [7, 11) is 1.21. The number of nitrogens with one attached hydrogen (secondary N) is 1. The van der Waals surface area contributed by atoms with E-state index in [4.69, 9.17) is 4.74 Å². The minimum atomic E-state index is -0.834. The van der Waals surface area contributed by atoms with Gasteiger partial charge < -0.3 is 14.8 Å². The van der Waals surface area contributed by atoms with Gasteiger partial charge in [-0.2, -0.15) is 0 Å². The lowest BCUT2D eigenvalue weighted by atomic mass is 10.00. The van der Waals surface area contributed by atoms with Crippen LogP contribution in [0.3, 0.4) is 0 Å². The lowest BCUT2D eigenvalue weighted by Gasteiger charge is -2.28. The molecule has 1 N–H and O–H groups in total. The highest BCUT2D eigenvalue weighted by Crippen LogP contribution is 2.31. The molecule has 3 atom stereocenters. The van der Waals surface area contributed by atoms with Crippen LogP contribution in [-0.2, 0) is 19.1 Å². The molecular weight excluding hydrogens is 210 g/mol. The first kappa shape index (κ1) is 11.4. The van der Waals surface area contributed by atoms with E-state index in [1.807, 2.05) is 0 Å². The van der Waals surface area contributed by atoms with Gasteiger partial charge in [0, 0.05) is 6.61 Å². The number of rotatable bonds is 1. The number of esters is 1. The molecule has 3 fully saturated rings. The first-order valence-corrected chi connectivity index (χ1v) is 5.71. The van der Waals surface area contributed by atoms with Gasteiger partial charge >= 0.3 is 11.9 Å². The molecule has 0 aromatic rings. The highest BCUT2D eigenvalue weighted by molar-refractivity contribution is 6.32. The van der Waals surface area contributed by atoms with Gasteiger partial charge in [0.2, 0.25) is 0 Å². The van der Waals surface area contributed by atoms with Gasteiger partial charge in [0.1, 0.15) is 0 Å². The van der Waals surface area contributed by atoms with Crippen LogP contribution in [0.1, 0.15) is 25.7 Å². The summed E-state index contributed by atoms with van der Waals surface area (Å²) in [6.07, 6.45) is 4.14. The first-order chi connectivity index (χ1) is 7.70. The average molecular weight is 227 g/mol. The number of amides is 1. The molecule has 0 aromatic carbocycles. The van der Waals surface area contributed by atoms with Crippen LogP contribution in [0.15, 0.2) is 0 Å². The molecule has 2 bridgehead atoms. The molecule has 5 heteroatoms. The number of hydrogen-bond donors (Lipinski definition) is 1. The normalized spacial score (nSPS) is 32.9. The molecule has 2 aliphatic heterocycles. The molecule has 1 amide bonds. The smallest absolute Gasteiger partial charge is 0.396 e. The summed E-state index contributed by atoms with van der Waals surface area (Å²) in [4.78, 5) is 22.4. The summed E-state index contributed by atoms with van der Waals surface area (Å²) in [6, 6.07) is -0.0425. The maximum Gasteiger partial charge on any atom is 0.396 e. The van der Waals surface area contributed by atoms with Gasteiger partial charge in [-0.1, -0.05) is 0 Å². The Labute approximate surface area is 94.5 Å². The van der Waals surface area contributed by atoms with Gasteiger partial charge in [-0.05, 0) is 31.6 Å². The number of fused-ring (bicyclic) bond motifs is 4. The summed E-state index contributed by atoms with van der Waals surface area (Å²) >= 11 is 0. The fourth-order valence-electron chi connectivity index (χ4n) is 2.46. The predicted octanol–water partition coefficient (Wildman–Crippen LogP) is 0.233. The van der Waals surface area contributed by atoms with Crippen LogP contribution in [0.4, 0.5) is 0 Å². The van der Waals surface area contributed by atoms with Crippen LogP contribution in [0.25, 0.3) is 0 Å². The van der Waals surface area contributed by atoms with E-state index in [1.165, 1.54) is 7.11 Å². The summed E-state index contributed by atoms with van der Waals surface area (Å²) in [5, 5.41) is 2.70. The van der Waals surface area contributed by atoms with Crippen molar-refractivity contribution >= 4 is 11.9 Å². The maximum atomic E-state index is 11.4. The second-order valence-corrected chi connectivity index (χ2v) is 4.46. The van der Waals surface area contributed by atoms with E-state index in [-0.39, 0.29) is 12.1 Å². The quantitative estimate of drug-likeness (QED) is 0.514. The Balaban J connectivity index is 1.93. The Morgan fingerprint density at radius 3 is 2.62 bits per heavy atom. The van der Waals surface area contributed by atoms with Crippen molar-refractivity contribution in [2.45, 2.75) is 37.8 Å². The monoisotopic (exact) mass is 227 g/mol. The van der Waals surface area contributed by atoms with Crippen molar-refractivity contribution in [3.63, 3.8) is 0 Å². The summed E-state index contributed by atoms with van der Waals surface area (Å²) < 4.78 is 10.0. The number of carbonyl (C=O) groups is 2. The number of methoxy groups -OCH3 is 1. The molecule has 2 saturated heterocycles. The standard InChI is InChI=1S/C11H17NO4/c1-15-11(14)10(13)12-8-4-2-7-3-5-9(8)16-6-7/h7-9H,2-6H2,1H3,(H,12,13). The van der Waals surface area contributed by atoms with Crippen LogP contribution >= 0.6 is 0 Å². The van der Waals surface area contributed by atoms with E-state index in [9.17, 15) is 9.59 Å². The first-order valence-electron chi connectivity index (χ1n) is 5.71. The Hall–Kier alpha value is -1.10. The van der Waals surface area contributed by atoms with Gasteiger partial charge in [0.15, 0.2) is 0 Å². The third-order valence-corrected chi connectivity index (χ3v) is 3.43. The van der Waals surface area contributed by atoms with Gasteiger partial charge in [0.05, 0.1) is 19.3 Å². The second-order valence-electron chi connectivity index (χ2n) is 4.46. The Bertz CT molecular complexity index is 284. The van der Waals surface area contributed by atoms with Gasteiger partial charge in [-0.15, -0.1) is 0 Å². The molecule has 1 aliphatic carbocycles. The second kappa shape index (κ2) is 4.82. The highest BCUT2D eigenvalue weighted by Gasteiger charge is 2.34. The zero-order valence-corrected chi connectivity index (χ0v) is 9.40. The molecule has 0 radical (unpaired) electrons. The number of carbonyl (C=O) groups excluding carboxylic acids is 2. The lowest BCUT2D eigenvalue weighted by Crippen LogP contribution is -2.46. The fourth-order valence-corrected chi connectivity index (χ4v) is 2.46. The highest BCUT2D eigenvalue weighted by atomic mass is 16.5. The van der Waals surface area contributed by atoms with E-state index >= 15 is 0 Å². The van der Waals surface area contributed by atoms with Crippen molar-refractivity contribution in [1.29, 1.82) is 0 Å². The lowest BCUT2D eigenvalue weighted by molar-refractivity contribution is -0.153. The summed E-state index contributed by atoms with van der Waals surface area (Å²) in [5.74, 6) is -0.878. The van der Waals surface area contributed by atoms with E-state index < -0.39 is 11.9 Å². The molecule has 3 rings (SSSR count). The van der Waals surface area contributed by atoms with Crippen LogP contribution in [0.5, 0.6) is 0 Å². The van der Waals surface area contributed by atoms with E-state index in [1.54, 1.807) is 0 Å². The van der Waals surface area contributed by atoms with Crippen molar-refractivity contribution in [3.8, 4) is 0 Å². The molecule has 16 heavy (non-hydrogen) atoms. The Morgan fingerprint density at radius 2 is 2.00 bits per heavy atom.